The quantitative estimate of drug-likeness (QED) is 0.0811. The Morgan fingerprint density at radius 3 is 1.55 bits per heavy atom. The number of hydrogen-bond donors (Lipinski definition) is 2. The second kappa shape index (κ2) is 34.1. The molecule has 60 heavy (non-hydrogen) atoms. The Labute approximate surface area is 359 Å². The molecule has 0 bridgehead atoms. The van der Waals surface area contributed by atoms with Crippen molar-refractivity contribution in [2.45, 2.75) is 149 Å². The van der Waals surface area contributed by atoms with Gasteiger partial charge >= 0.3 is 5.97 Å². The molecule has 0 radical (unpaired) electrons. The minimum atomic E-state index is -1.12. The van der Waals surface area contributed by atoms with Crippen molar-refractivity contribution in [2.24, 2.45) is 5.41 Å². The van der Waals surface area contributed by atoms with Crippen LogP contribution in [0.25, 0.3) is 0 Å². The van der Waals surface area contributed by atoms with Crippen LogP contribution >= 0.6 is 0 Å². The number of aromatic nitrogens is 4. The number of carbonyl (C=O) groups is 5. The molecule has 1 aromatic heterocycles. The lowest BCUT2D eigenvalue weighted by atomic mass is 9.91. The summed E-state index contributed by atoms with van der Waals surface area (Å²) >= 11 is 0. The fraction of sp³-hybridized carbons (Fsp3) is 0.860. The van der Waals surface area contributed by atoms with Gasteiger partial charge in [0.2, 0.25) is 17.7 Å². The van der Waals surface area contributed by atoms with Crippen LogP contribution in [0.1, 0.15) is 142 Å². The smallest absolute Gasteiger partial charge is 0.326 e. The largest absolute Gasteiger partial charge is 0.480 e. The highest BCUT2D eigenvalue weighted by Crippen LogP contribution is 2.16. The maximum Gasteiger partial charge on any atom is 0.326 e. The summed E-state index contributed by atoms with van der Waals surface area (Å²) in [7, 11) is 4.79. The minimum absolute atomic E-state index is 0.00843. The summed E-state index contributed by atoms with van der Waals surface area (Å²) in [6.45, 7) is 7.81. The number of carboxylic acids is 1. The summed E-state index contributed by atoms with van der Waals surface area (Å²) in [5.41, 5.74) is -0.435. The van der Waals surface area contributed by atoms with E-state index in [1.807, 2.05) is 20.8 Å². The van der Waals surface area contributed by atoms with Crippen molar-refractivity contribution in [3.05, 3.63) is 5.82 Å². The zero-order valence-corrected chi connectivity index (χ0v) is 37.9. The van der Waals surface area contributed by atoms with Gasteiger partial charge in [-0.25, -0.2) is 4.79 Å². The molecule has 0 aliphatic carbocycles. The van der Waals surface area contributed by atoms with Gasteiger partial charge in [-0.05, 0) is 19.3 Å². The molecule has 3 amide bonds. The van der Waals surface area contributed by atoms with Crippen LogP contribution < -0.4 is 0 Å². The number of H-pyrrole nitrogens is 1. The lowest BCUT2D eigenvalue weighted by molar-refractivity contribution is -0.149. The summed E-state index contributed by atoms with van der Waals surface area (Å²) in [4.78, 5) is 65.9. The topological polar surface area (TPSA) is 207 Å². The molecule has 1 unspecified atom stereocenters. The number of tetrazole rings is 1. The molecule has 1 heterocycles. The molecule has 0 saturated carbocycles. The number of nitrogens with zero attached hydrogens (tertiary/aromatic N) is 6. The summed E-state index contributed by atoms with van der Waals surface area (Å²) in [5.74, 6) is -0.938. The average molecular weight is 854 g/mol. The molecule has 0 fully saturated rings. The molecule has 1 rings (SSSR count). The van der Waals surface area contributed by atoms with Crippen LogP contribution in [0.3, 0.4) is 0 Å². The standard InChI is InChI=1S/C43H79N7O10/c1-43(2,3)37(51)34-59-32-30-58-29-27-49(5)41(54)35-60-33-31-57-28-26-48(4)39(52)25-24-36(42(55)56)50(6)40(53)23-21-19-17-15-13-11-9-7-8-10-12-14-16-18-20-22-38-44-46-47-45-38/h36H,7-35H2,1-6H3,(H,55,56)(H,44,45,46,47). The highest BCUT2D eigenvalue weighted by molar-refractivity contribution is 5.85. The second-order valence-corrected chi connectivity index (χ2v) is 16.7. The van der Waals surface area contributed by atoms with E-state index in [1.54, 1.807) is 14.1 Å². The van der Waals surface area contributed by atoms with Crippen molar-refractivity contribution < 1.29 is 48.0 Å². The molecule has 17 nitrogen and oxygen atoms in total. The fourth-order valence-electron chi connectivity index (χ4n) is 6.17. The summed E-state index contributed by atoms with van der Waals surface area (Å²) in [6.07, 6.45) is 19.0. The van der Waals surface area contributed by atoms with Crippen molar-refractivity contribution >= 4 is 29.5 Å². The highest BCUT2D eigenvalue weighted by atomic mass is 16.5. The van der Waals surface area contributed by atoms with E-state index < -0.39 is 17.4 Å². The Kier molecular flexibility index (Phi) is 31.0. The number of likely N-dealkylation sites (N-methyl/N-ethyl adjacent to an activating group) is 3. The van der Waals surface area contributed by atoms with Gasteiger partial charge in [0, 0.05) is 58.9 Å². The number of nitrogens with one attached hydrogen (secondary N) is 1. The molecule has 0 aliphatic rings. The number of unbranched alkanes of at least 4 members (excludes halogenated alkanes) is 14. The van der Waals surface area contributed by atoms with Gasteiger partial charge in [-0.15, -0.1) is 10.2 Å². The number of Topliss-reactive ketones (excluding diaryl/α,β-unsaturated/α-hetero) is 1. The van der Waals surface area contributed by atoms with Crippen molar-refractivity contribution in [3.8, 4) is 0 Å². The maximum atomic E-state index is 12.8. The first-order chi connectivity index (χ1) is 28.7. The molecule has 1 aromatic rings. The van der Waals surface area contributed by atoms with Crippen LogP contribution in [0.2, 0.25) is 0 Å². The maximum absolute atomic E-state index is 12.8. The predicted octanol–water partition coefficient (Wildman–Crippen LogP) is 5.27. The Hall–Kier alpha value is -3.54. The zero-order valence-electron chi connectivity index (χ0n) is 37.9. The first-order valence-corrected chi connectivity index (χ1v) is 22.3. The SMILES string of the molecule is CN(CCOCCOCC(=O)N(C)CCOCCOCC(=O)C(C)(C)C)C(=O)CCC(C(=O)O)N(C)C(=O)CCCCCCCCCCCCCCCCCc1nn[nH]n1. The second-order valence-electron chi connectivity index (χ2n) is 16.7. The monoisotopic (exact) mass is 854 g/mol. The van der Waals surface area contributed by atoms with E-state index in [0.717, 1.165) is 44.3 Å². The van der Waals surface area contributed by atoms with Crippen LogP contribution in [0.15, 0.2) is 0 Å². The molecule has 0 aliphatic heterocycles. The third-order valence-electron chi connectivity index (χ3n) is 10.5. The molecule has 1 atom stereocenters. The Balaban J connectivity index is 2.03. The van der Waals surface area contributed by atoms with Gasteiger partial charge in [0.15, 0.2) is 11.6 Å². The molecule has 2 N–H and O–H groups in total. The number of aryl methyl sites for hydroxylation is 1. The van der Waals surface area contributed by atoms with Gasteiger partial charge in [-0.1, -0.05) is 109 Å². The summed E-state index contributed by atoms with van der Waals surface area (Å²) in [5, 5.41) is 23.8. The lowest BCUT2D eigenvalue weighted by Gasteiger charge is -2.26. The van der Waals surface area contributed by atoms with Gasteiger partial charge in [0.25, 0.3) is 0 Å². The first kappa shape index (κ1) is 54.5. The molecule has 0 aromatic carbocycles. The van der Waals surface area contributed by atoms with Crippen molar-refractivity contribution in [1.82, 2.24) is 35.3 Å². The number of rotatable bonds is 39. The van der Waals surface area contributed by atoms with Crippen molar-refractivity contribution in [2.75, 3.05) is 87.1 Å². The van der Waals surface area contributed by atoms with Crippen molar-refractivity contribution in [1.29, 1.82) is 0 Å². The number of amides is 3. The van der Waals surface area contributed by atoms with Crippen LogP contribution in [-0.4, -0.2) is 163 Å². The van der Waals surface area contributed by atoms with Crippen molar-refractivity contribution in [3.63, 3.8) is 0 Å². The number of aromatic amines is 1. The highest BCUT2D eigenvalue weighted by Gasteiger charge is 2.27. The van der Waals surface area contributed by atoms with Crippen LogP contribution in [-0.2, 0) is 49.3 Å². The van der Waals surface area contributed by atoms with E-state index >= 15 is 0 Å². The van der Waals surface area contributed by atoms with E-state index in [1.165, 1.54) is 86.0 Å². The van der Waals surface area contributed by atoms with E-state index in [4.69, 9.17) is 18.9 Å². The number of ketones is 1. The molecule has 0 spiro atoms. The molecular weight excluding hydrogens is 775 g/mol. The van der Waals surface area contributed by atoms with E-state index in [2.05, 4.69) is 20.6 Å². The number of hydrogen-bond acceptors (Lipinski definition) is 12. The van der Waals surface area contributed by atoms with E-state index in [9.17, 15) is 29.1 Å². The molecule has 17 heteroatoms. The van der Waals surface area contributed by atoms with E-state index in [-0.39, 0.29) is 69.4 Å². The van der Waals surface area contributed by atoms with Crippen LogP contribution in [0, 0.1) is 5.41 Å². The number of carbonyl (C=O) groups excluding carboxylic acids is 4. The van der Waals surface area contributed by atoms with Gasteiger partial charge in [-0.3, -0.25) is 19.2 Å². The number of aliphatic carboxylic acids is 1. The average Bonchev–Trinajstić information content (AvgIpc) is 3.73. The first-order valence-electron chi connectivity index (χ1n) is 22.3. The van der Waals surface area contributed by atoms with Crippen LogP contribution in [0.4, 0.5) is 0 Å². The fourth-order valence-corrected chi connectivity index (χ4v) is 6.17. The third kappa shape index (κ3) is 28.1. The predicted molar refractivity (Wildman–Crippen MR) is 228 cm³/mol. The summed E-state index contributed by atoms with van der Waals surface area (Å²) in [6, 6.07) is -1.07. The Morgan fingerprint density at radius 2 is 1.07 bits per heavy atom. The Morgan fingerprint density at radius 1 is 0.600 bits per heavy atom. The summed E-state index contributed by atoms with van der Waals surface area (Å²) < 4.78 is 21.8. The van der Waals surface area contributed by atoms with Crippen LogP contribution in [0.5, 0.6) is 0 Å². The number of carboxylic acid groups (broad SMARTS) is 1. The number of ether oxygens (including phenoxy) is 4. The van der Waals surface area contributed by atoms with Gasteiger partial charge < -0.3 is 38.8 Å². The lowest BCUT2D eigenvalue weighted by Crippen LogP contribution is -2.43. The molecule has 0 saturated heterocycles. The minimum Gasteiger partial charge on any atom is -0.480 e. The Bertz CT molecular complexity index is 1300. The zero-order chi connectivity index (χ0) is 44.4. The molecule has 346 valence electrons. The normalized spacial score (nSPS) is 12.0. The van der Waals surface area contributed by atoms with Gasteiger partial charge in [-0.2, -0.15) is 5.21 Å². The van der Waals surface area contributed by atoms with Gasteiger partial charge in [0.05, 0.1) is 39.6 Å². The molecular formula is C43H79N7O10. The third-order valence-corrected chi connectivity index (χ3v) is 10.5. The van der Waals surface area contributed by atoms with Gasteiger partial charge in [0.1, 0.15) is 19.3 Å². The van der Waals surface area contributed by atoms with E-state index in [0.29, 0.717) is 39.3 Å².